The highest BCUT2D eigenvalue weighted by molar-refractivity contribution is 6.35. The lowest BCUT2D eigenvalue weighted by Gasteiger charge is -2.22. The van der Waals surface area contributed by atoms with Gasteiger partial charge in [-0.25, -0.2) is 4.39 Å². The van der Waals surface area contributed by atoms with Crippen LogP contribution in [0.2, 0.25) is 5.02 Å². The van der Waals surface area contributed by atoms with Crippen molar-refractivity contribution in [1.82, 2.24) is 15.2 Å². The maximum atomic E-state index is 12.8. The number of aromatic amines is 1. The Kier molecular flexibility index (Phi) is 15.9. The molecule has 1 amide bonds. The number of anilines is 1. The number of alkyl halides is 1. The van der Waals surface area contributed by atoms with Gasteiger partial charge < -0.3 is 20.7 Å². The van der Waals surface area contributed by atoms with E-state index < -0.39 is 11.9 Å². The first-order valence-electron chi connectivity index (χ1n) is 13.6. The van der Waals surface area contributed by atoms with Crippen molar-refractivity contribution in [2.45, 2.75) is 71.4 Å². The van der Waals surface area contributed by atoms with E-state index in [1.807, 2.05) is 61.3 Å². The number of hydrogen-bond donors (Lipinski definition) is 4. The van der Waals surface area contributed by atoms with Crippen LogP contribution in [0, 0.1) is 18.3 Å². The summed E-state index contributed by atoms with van der Waals surface area (Å²) in [7, 11) is 1.84. The van der Waals surface area contributed by atoms with E-state index in [4.69, 9.17) is 18.0 Å². The minimum absolute atomic E-state index is 0.144. The second-order valence-electron chi connectivity index (χ2n) is 10.6. The van der Waals surface area contributed by atoms with E-state index in [2.05, 4.69) is 28.5 Å². The van der Waals surface area contributed by atoms with Gasteiger partial charge in [-0.05, 0) is 77.8 Å². The number of likely N-dealkylation sites (tertiary alicyclic amines) is 1. The lowest BCUT2D eigenvalue weighted by Crippen LogP contribution is -2.36. The van der Waals surface area contributed by atoms with Crippen molar-refractivity contribution in [2.75, 3.05) is 18.9 Å². The van der Waals surface area contributed by atoms with Gasteiger partial charge in [-0.3, -0.25) is 14.5 Å². The van der Waals surface area contributed by atoms with E-state index in [9.17, 15) is 19.1 Å². The Labute approximate surface area is 248 Å². The lowest BCUT2D eigenvalue weighted by molar-refractivity contribution is -0.105. The largest absolute Gasteiger partial charge is 0.379 e. The van der Waals surface area contributed by atoms with Gasteiger partial charge in [0, 0.05) is 23.7 Å². The van der Waals surface area contributed by atoms with Crippen molar-refractivity contribution in [3.63, 3.8) is 0 Å². The van der Waals surface area contributed by atoms with Gasteiger partial charge in [0.2, 0.25) is 6.41 Å². The molecule has 2 aromatic carbocycles. The van der Waals surface area contributed by atoms with Crippen LogP contribution >= 0.6 is 11.6 Å². The number of para-hydroxylation sites is 2. The third kappa shape index (κ3) is 13.8. The number of halogens is 2. The summed E-state index contributed by atoms with van der Waals surface area (Å²) in [6, 6.07) is 17.0. The Morgan fingerprint density at radius 2 is 1.88 bits per heavy atom. The zero-order valence-electron chi connectivity index (χ0n) is 24.8. The fraction of sp³-hybridized carbons (Fsp3) is 0.438. The summed E-state index contributed by atoms with van der Waals surface area (Å²) >= 11 is 5.88. The second-order valence-corrected chi connectivity index (χ2v) is 11.0. The Bertz CT molecular complexity index is 1220. The topological polar surface area (TPSA) is 97.5 Å². The molecule has 9 heteroatoms. The number of carbonyl (C=O) groups is 2. The number of benzene rings is 2. The van der Waals surface area contributed by atoms with Gasteiger partial charge in [-0.1, -0.05) is 54.8 Å². The summed E-state index contributed by atoms with van der Waals surface area (Å²) in [4.78, 5) is 25.2. The van der Waals surface area contributed by atoms with Gasteiger partial charge in [0.25, 0.3) is 0 Å². The van der Waals surface area contributed by atoms with Crippen molar-refractivity contribution in [3.8, 4) is 12.3 Å². The van der Waals surface area contributed by atoms with E-state index in [-0.39, 0.29) is 12.1 Å². The number of H-pyrrole nitrogens is 1. The number of amides is 1. The molecule has 224 valence electrons. The van der Waals surface area contributed by atoms with Gasteiger partial charge >= 0.3 is 0 Å². The van der Waals surface area contributed by atoms with E-state index in [1.54, 1.807) is 32.9 Å². The molecule has 1 aromatic heterocycles. The predicted octanol–water partition coefficient (Wildman–Crippen LogP) is 6.29. The van der Waals surface area contributed by atoms with Gasteiger partial charge in [0.05, 0.1) is 22.3 Å². The SMILES string of the molecule is C#CC1CC(C)CN1C(C)O.CNC(C)CC(C)(C)F.O=CNc1ccccc1.O=Cc1cc2cccc(Cl)c2[nH]1. The molecule has 1 fully saturated rings. The van der Waals surface area contributed by atoms with Crippen LogP contribution in [0.5, 0.6) is 0 Å². The maximum Gasteiger partial charge on any atom is 0.211 e. The number of nitrogens with one attached hydrogen (secondary N) is 3. The number of fused-ring (bicyclic) bond motifs is 1. The molecule has 4 N–H and O–H groups in total. The van der Waals surface area contributed by atoms with Crippen molar-refractivity contribution >= 4 is 40.9 Å². The molecule has 4 atom stereocenters. The molecule has 1 saturated heterocycles. The highest BCUT2D eigenvalue weighted by Gasteiger charge is 2.30. The standard InChI is InChI=1S/C9H6ClNO.C9H15NO.C7H16FN.C7H7NO/c10-8-3-1-2-6-4-7(5-12)11-9(6)8;1-4-9-5-7(2)6-10(9)8(3)11;1-6(9-4)5-7(2,3)8;9-6-8-7-4-2-1-3-5-7/h1-5,11H;1,7-9,11H,5-6H2,2-3H3;6,9H,5H2,1-4H3;1-6H,(H,8,9). The first-order valence-corrected chi connectivity index (χ1v) is 14.0. The first kappa shape index (κ1) is 35.8. The summed E-state index contributed by atoms with van der Waals surface area (Å²) in [5.74, 6) is 3.31. The second kappa shape index (κ2) is 18.3. The number of hydrogen-bond acceptors (Lipinski definition) is 5. The van der Waals surface area contributed by atoms with Crippen LogP contribution in [0.25, 0.3) is 10.9 Å². The number of aromatic nitrogens is 1. The summed E-state index contributed by atoms with van der Waals surface area (Å²) in [5.41, 5.74) is 1.16. The molecule has 7 nitrogen and oxygen atoms in total. The molecule has 3 aromatic rings. The fourth-order valence-corrected chi connectivity index (χ4v) is 4.52. The zero-order chi connectivity index (χ0) is 31.0. The molecule has 0 radical (unpaired) electrons. The number of rotatable bonds is 7. The molecule has 41 heavy (non-hydrogen) atoms. The Morgan fingerprint density at radius 1 is 1.22 bits per heavy atom. The Hall–Kier alpha value is -3.22. The molecule has 0 spiro atoms. The van der Waals surface area contributed by atoms with Crippen LogP contribution in [0.4, 0.5) is 10.1 Å². The number of aliphatic hydroxyl groups excluding tert-OH is 1. The minimum atomic E-state index is -1.04. The molecule has 2 heterocycles. The van der Waals surface area contributed by atoms with E-state index in [0.29, 0.717) is 29.5 Å². The Balaban J connectivity index is 0.000000276. The molecule has 1 aliphatic rings. The normalized spacial score (nSPS) is 17.8. The minimum Gasteiger partial charge on any atom is -0.379 e. The first-order chi connectivity index (χ1) is 19.3. The lowest BCUT2D eigenvalue weighted by atomic mass is 10.0. The van der Waals surface area contributed by atoms with Crippen LogP contribution in [-0.4, -0.2) is 65.3 Å². The van der Waals surface area contributed by atoms with E-state index >= 15 is 0 Å². The van der Waals surface area contributed by atoms with E-state index in [0.717, 1.165) is 35.8 Å². The fourth-order valence-electron chi connectivity index (χ4n) is 4.29. The quantitative estimate of drug-likeness (QED) is 0.193. The van der Waals surface area contributed by atoms with Crippen LogP contribution in [-0.2, 0) is 4.79 Å². The van der Waals surface area contributed by atoms with Crippen LogP contribution in [0.15, 0.2) is 54.6 Å². The summed E-state index contributed by atoms with van der Waals surface area (Å²) in [6.07, 6.45) is 7.94. The predicted molar refractivity (Wildman–Crippen MR) is 168 cm³/mol. The highest BCUT2D eigenvalue weighted by Crippen LogP contribution is 2.24. The maximum absolute atomic E-state index is 12.8. The number of terminal acetylenes is 1. The summed E-state index contributed by atoms with van der Waals surface area (Å²) < 4.78 is 12.8. The average Bonchev–Trinajstić information content (AvgIpc) is 3.54. The van der Waals surface area contributed by atoms with Gasteiger partial charge in [0.1, 0.15) is 11.9 Å². The van der Waals surface area contributed by atoms with Crippen molar-refractivity contribution < 1.29 is 19.1 Å². The number of carbonyl (C=O) groups excluding carboxylic acids is 2. The van der Waals surface area contributed by atoms with Gasteiger partial charge in [-0.15, -0.1) is 6.42 Å². The monoisotopic (exact) mass is 586 g/mol. The van der Waals surface area contributed by atoms with Crippen molar-refractivity contribution in [2.24, 2.45) is 5.92 Å². The number of aliphatic hydroxyl groups is 1. The van der Waals surface area contributed by atoms with E-state index in [1.165, 1.54) is 0 Å². The van der Waals surface area contributed by atoms with Crippen LogP contribution in [0.3, 0.4) is 0 Å². The molecule has 0 saturated carbocycles. The Morgan fingerprint density at radius 3 is 2.32 bits per heavy atom. The molecular formula is C32H44ClFN4O3. The van der Waals surface area contributed by atoms with Gasteiger partial charge in [0.15, 0.2) is 6.29 Å². The number of nitrogens with zero attached hydrogens (tertiary/aromatic N) is 1. The van der Waals surface area contributed by atoms with Crippen LogP contribution in [0.1, 0.15) is 57.9 Å². The third-order valence-electron chi connectivity index (χ3n) is 6.26. The highest BCUT2D eigenvalue weighted by atomic mass is 35.5. The smallest absolute Gasteiger partial charge is 0.211 e. The van der Waals surface area contributed by atoms with Crippen molar-refractivity contribution in [1.29, 1.82) is 0 Å². The van der Waals surface area contributed by atoms with Gasteiger partial charge in [-0.2, -0.15) is 0 Å². The summed E-state index contributed by atoms with van der Waals surface area (Å²) in [5, 5.41) is 16.4. The molecule has 4 unspecified atom stereocenters. The summed E-state index contributed by atoms with van der Waals surface area (Å²) in [6.45, 7) is 10.0. The molecule has 0 aliphatic carbocycles. The molecule has 4 rings (SSSR count). The molecule has 1 aliphatic heterocycles. The third-order valence-corrected chi connectivity index (χ3v) is 6.57. The van der Waals surface area contributed by atoms with Crippen LogP contribution < -0.4 is 10.6 Å². The number of aldehydes is 1. The zero-order valence-corrected chi connectivity index (χ0v) is 25.6. The molecular weight excluding hydrogens is 543 g/mol. The molecule has 0 bridgehead atoms. The van der Waals surface area contributed by atoms with Crippen molar-refractivity contribution in [3.05, 3.63) is 65.3 Å². The average molecular weight is 587 g/mol.